The Morgan fingerprint density at radius 1 is 1.20 bits per heavy atom. The summed E-state index contributed by atoms with van der Waals surface area (Å²) in [6.07, 6.45) is -4.70. The molecule has 20 heavy (non-hydrogen) atoms. The number of aromatic amines is 1. The summed E-state index contributed by atoms with van der Waals surface area (Å²) in [4.78, 5) is 31.4. The number of nitrogens with one attached hydrogen (secondary N) is 1. The van der Waals surface area contributed by atoms with E-state index in [4.69, 9.17) is 15.5 Å². The number of benzene rings is 1. The summed E-state index contributed by atoms with van der Waals surface area (Å²) >= 11 is 0. The zero-order valence-corrected chi connectivity index (χ0v) is 10.5. The van der Waals surface area contributed by atoms with Gasteiger partial charge in [0, 0.05) is 16.6 Å². The van der Waals surface area contributed by atoms with Crippen LogP contribution >= 0.6 is 7.60 Å². The molecule has 0 fully saturated rings. The Labute approximate surface area is 109 Å². The van der Waals surface area contributed by atoms with Gasteiger partial charge in [0.2, 0.25) is 0 Å². The lowest BCUT2D eigenvalue weighted by Crippen LogP contribution is -2.27. The third-order valence-electron chi connectivity index (χ3n) is 2.61. The smallest absolute Gasteiger partial charge is 0.398 e. The van der Waals surface area contributed by atoms with Crippen LogP contribution in [0.5, 0.6) is 0 Å². The van der Waals surface area contributed by atoms with E-state index in [1.807, 2.05) is 4.98 Å². The molecular formula is C10H8F3N2O4P. The monoisotopic (exact) mass is 308 g/mol. The predicted octanol–water partition coefficient (Wildman–Crippen LogP) is 0.932. The van der Waals surface area contributed by atoms with Gasteiger partial charge in [-0.15, -0.1) is 0 Å². The first kappa shape index (κ1) is 14.6. The molecule has 108 valence electrons. The van der Waals surface area contributed by atoms with E-state index in [1.54, 1.807) is 0 Å². The number of fused-ring (bicyclic) bond motifs is 1. The molecule has 0 spiro atoms. The van der Waals surface area contributed by atoms with Gasteiger partial charge in [0.15, 0.2) is 0 Å². The molecule has 10 heteroatoms. The zero-order valence-electron chi connectivity index (χ0n) is 9.60. The van der Waals surface area contributed by atoms with E-state index >= 15 is 0 Å². The number of nitrogens with two attached hydrogens (primary N) is 1. The van der Waals surface area contributed by atoms with Gasteiger partial charge in [0.05, 0.1) is 5.56 Å². The molecule has 0 amide bonds. The van der Waals surface area contributed by atoms with Crippen LogP contribution in [-0.2, 0) is 10.7 Å². The molecule has 0 aliphatic heterocycles. The quantitative estimate of drug-likeness (QED) is 0.462. The summed E-state index contributed by atoms with van der Waals surface area (Å²) in [5, 5.41) is -0.836. The van der Waals surface area contributed by atoms with E-state index in [0.717, 1.165) is 12.1 Å². The number of nitrogen functional groups attached to an aromatic ring is 1. The molecule has 2 rings (SSSR count). The highest BCUT2D eigenvalue weighted by molar-refractivity contribution is 7.60. The maximum absolute atomic E-state index is 12.6. The van der Waals surface area contributed by atoms with E-state index in [-0.39, 0.29) is 10.9 Å². The fourth-order valence-corrected chi connectivity index (χ4v) is 2.35. The number of hydrogen-bond donors (Lipinski definition) is 4. The van der Waals surface area contributed by atoms with Gasteiger partial charge in [-0.2, -0.15) is 13.2 Å². The minimum atomic E-state index is -4.83. The van der Waals surface area contributed by atoms with Gasteiger partial charge >= 0.3 is 13.8 Å². The second kappa shape index (κ2) is 4.34. The predicted molar refractivity (Wildman–Crippen MR) is 65.7 cm³/mol. The van der Waals surface area contributed by atoms with Crippen molar-refractivity contribution >= 4 is 29.5 Å². The number of anilines is 1. The normalized spacial score (nSPS) is 12.8. The van der Waals surface area contributed by atoms with Crippen molar-refractivity contribution in [3.05, 3.63) is 34.1 Å². The lowest BCUT2D eigenvalue weighted by molar-refractivity contribution is -0.136. The molecule has 0 bridgehead atoms. The van der Waals surface area contributed by atoms with Gasteiger partial charge in [-0.3, -0.25) is 9.36 Å². The SMILES string of the molecule is Nc1cc2cc(P(=O)(O)O)c(=O)[nH]c2cc1C(F)(F)F. The molecule has 1 heterocycles. The average Bonchev–Trinajstić information content (AvgIpc) is 2.25. The van der Waals surface area contributed by atoms with Crippen LogP contribution in [0.4, 0.5) is 18.9 Å². The van der Waals surface area contributed by atoms with Crippen LogP contribution in [-0.4, -0.2) is 14.8 Å². The number of hydrogen-bond acceptors (Lipinski definition) is 3. The molecule has 0 saturated heterocycles. The molecule has 0 aliphatic rings. The van der Waals surface area contributed by atoms with Gasteiger partial charge in [-0.1, -0.05) is 0 Å². The highest BCUT2D eigenvalue weighted by Crippen LogP contribution is 2.36. The standard InChI is InChI=1S/C10H8F3N2O4P/c11-10(12,13)5-3-7-4(1-6(5)14)2-8(9(16)15-7)20(17,18)19/h1-3H,14H2,(H,15,16)(H2,17,18,19). The molecule has 0 aliphatic carbocycles. The Morgan fingerprint density at radius 2 is 1.80 bits per heavy atom. The van der Waals surface area contributed by atoms with Crippen molar-refractivity contribution in [1.29, 1.82) is 0 Å². The van der Waals surface area contributed by atoms with Crippen molar-refractivity contribution in [2.24, 2.45) is 0 Å². The third-order valence-corrected chi connectivity index (χ3v) is 3.57. The van der Waals surface area contributed by atoms with Crippen molar-refractivity contribution < 1.29 is 27.5 Å². The van der Waals surface area contributed by atoms with E-state index in [0.29, 0.717) is 6.07 Å². The van der Waals surface area contributed by atoms with Gasteiger partial charge in [0.1, 0.15) is 5.30 Å². The Bertz CT molecular complexity index is 793. The minimum absolute atomic E-state index is 0.00609. The minimum Gasteiger partial charge on any atom is -0.398 e. The second-order valence-electron chi connectivity index (χ2n) is 4.05. The number of aromatic nitrogens is 1. The molecule has 2 aromatic rings. The molecule has 6 nitrogen and oxygen atoms in total. The van der Waals surface area contributed by atoms with Gasteiger partial charge in [-0.05, 0) is 18.2 Å². The summed E-state index contributed by atoms with van der Waals surface area (Å²) in [6, 6.07) is 2.34. The van der Waals surface area contributed by atoms with E-state index < -0.39 is 35.9 Å². The fraction of sp³-hybridized carbons (Fsp3) is 0.100. The van der Waals surface area contributed by atoms with Crippen molar-refractivity contribution in [1.82, 2.24) is 4.98 Å². The first-order chi connectivity index (χ1) is 9.00. The first-order valence-corrected chi connectivity index (χ1v) is 6.71. The largest absolute Gasteiger partial charge is 0.418 e. The highest BCUT2D eigenvalue weighted by atomic mass is 31.2. The Kier molecular flexibility index (Phi) is 3.16. The summed E-state index contributed by atoms with van der Waals surface area (Å²) in [5.41, 5.74) is 2.16. The van der Waals surface area contributed by atoms with Crippen LogP contribution in [0.15, 0.2) is 23.0 Å². The first-order valence-electron chi connectivity index (χ1n) is 5.10. The molecule has 5 N–H and O–H groups in total. The average molecular weight is 308 g/mol. The van der Waals surface area contributed by atoms with Gasteiger partial charge in [0.25, 0.3) is 5.56 Å². The number of rotatable bonds is 1. The van der Waals surface area contributed by atoms with E-state index in [2.05, 4.69) is 0 Å². The number of pyridine rings is 1. The maximum Gasteiger partial charge on any atom is 0.418 e. The second-order valence-corrected chi connectivity index (χ2v) is 5.62. The number of halogens is 3. The van der Waals surface area contributed by atoms with Crippen LogP contribution < -0.4 is 16.6 Å². The number of H-pyrrole nitrogens is 1. The summed E-state index contributed by atoms with van der Waals surface area (Å²) in [5.74, 6) is 0. The van der Waals surface area contributed by atoms with Crippen LogP contribution in [0.1, 0.15) is 5.56 Å². The van der Waals surface area contributed by atoms with Crippen LogP contribution in [0.2, 0.25) is 0 Å². The van der Waals surface area contributed by atoms with Crippen molar-refractivity contribution in [3.8, 4) is 0 Å². The topological polar surface area (TPSA) is 116 Å². The van der Waals surface area contributed by atoms with E-state index in [9.17, 15) is 22.5 Å². The maximum atomic E-state index is 12.6. The van der Waals surface area contributed by atoms with Crippen molar-refractivity contribution in [2.45, 2.75) is 6.18 Å². The van der Waals surface area contributed by atoms with Crippen LogP contribution in [0, 0.1) is 0 Å². The molecule has 0 atom stereocenters. The summed E-state index contributed by atoms with van der Waals surface area (Å²) < 4.78 is 49.0. The Hall–Kier alpha value is -1.83. The molecule has 1 aromatic carbocycles. The fourth-order valence-electron chi connectivity index (χ4n) is 1.72. The highest BCUT2D eigenvalue weighted by Gasteiger charge is 2.33. The lowest BCUT2D eigenvalue weighted by atomic mass is 10.1. The van der Waals surface area contributed by atoms with Gasteiger partial charge in [-0.25, -0.2) is 0 Å². The van der Waals surface area contributed by atoms with Crippen molar-refractivity contribution in [3.63, 3.8) is 0 Å². The molecule has 1 aromatic heterocycles. The lowest BCUT2D eigenvalue weighted by Gasteiger charge is -2.12. The van der Waals surface area contributed by atoms with Crippen molar-refractivity contribution in [2.75, 3.05) is 5.73 Å². The summed E-state index contributed by atoms with van der Waals surface area (Å²) in [7, 11) is -4.83. The Morgan fingerprint density at radius 3 is 2.30 bits per heavy atom. The summed E-state index contributed by atoms with van der Waals surface area (Å²) in [6.45, 7) is 0. The zero-order chi connectivity index (χ0) is 15.3. The molecular weight excluding hydrogens is 300 g/mol. The molecule has 0 saturated carbocycles. The van der Waals surface area contributed by atoms with Gasteiger partial charge < -0.3 is 20.5 Å². The molecule has 0 radical (unpaired) electrons. The molecule has 0 unspecified atom stereocenters. The van der Waals surface area contributed by atoms with Crippen LogP contribution in [0.3, 0.4) is 0 Å². The number of alkyl halides is 3. The van der Waals surface area contributed by atoms with Crippen LogP contribution in [0.25, 0.3) is 10.9 Å². The van der Waals surface area contributed by atoms with E-state index in [1.165, 1.54) is 0 Å². The third kappa shape index (κ3) is 2.55. The Balaban J connectivity index is 2.81.